The van der Waals surface area contributed by atoms with Crippen LogP contribution in [0.4, 0.5) is 8.78 Å². The van der Waals surface area contributed by atoms with Gasteiger partial charge in [0, 0.05) is 61.8 Å². The highest BCUT2D eigenvalue weighted by Crippen LogP contribution is 2.49. The molecule has 0 aliphatic carbocycles. The molecule has 0 aromatic heterocycles. The summed E-state index contributed by atoms with van der Waals surface area (Å²) in [6.07, 6.45) is 5.16. The lowest BCUT2D eigenvalue weighted by Crippen LogP contribution is -2.61. The monoisotopic (exact) mass is 583 g/mol. The van der Waals surface area contributed by atoms with Crippen LogP contribution in [0.2, 0.25) is 5.02 Å². The molecule has 0 radical (unpaired) electrons. The molecule has 1 fully saturated rings. The zero-order valence-electron chi connectivity index (χ0n) is 22.7. The molecule has 3 heterocycles. The SMILES string of the molecule is CO[C@]1(CC2(C#N)N=CC=CN2)c2ccc(-c3ccc(Cl)cc3)c(F)c2C(=O)N1C(CCO)N1CCC(CF)CC1. The first-order valence-electron chi connectivity index (χ1n) is 13.6. The molecule has 0 spiro atoms. The molecule has 3 aliphatic heterocycles. The molecular weight excluding hydrogens is 552 g/mol. The fraction of sp³-hybridized carbons (Fsp3) is 0.433. The Kier molecular flexibility index (Phi) is 8.43. The van der Waals surface area contributed by atoms with Crippen LogP contribution >= 0.6 is 11.6 Å². The molecule has 0 bridgehead atoms. The minimum absolute atomic E-state index is 0.0755. The van der Waals surface area contributed by atoms with Gasteiger partial charge in [-0.2, -0.15) is 5.26 Å². The zero-order chi connectivity index (χ0) is 29.2. The van der Waals surface area contributed by atoms with Crippen LogP contribution in [0.15, 0.2) is 53.7 Å². The van der Waals surface area contributed by atoms with Crippen LogP contribution in [0, 0.1) is 23.1 Å². The van der Waals surface area contributed by atoms with E-state index in [0.717, 1.165) is 0 Å². The van der Waals surface area contributed by atoms with Crippen LogP contribution in [0.3, 0.4) is 0 Å². The van der Waals surface area contributed by atoms with Crippen molar-refractivity contribution in [3.8, 4) is 17.2 Å². The summed E-state index contributed by atoms with van der Waals surface area (Å²) in [5.41, 5.74) is -2.27. The number of allylic oxidation sites excluding steroid dienone is 1. The first-order chi connectivity index (χ1) is 19.8. The van der Waals surface area contributed by atoms with Gasteiger partial charge in [-0.15, -0.1) is 0 Å². The number of ether oxygens (including phenoxy) is 1. The van der Waals surface area contributed by atoms with Crippen molar-refractivity contribution in [2.75, 3.05) is 33.5 Å². The van der Waals surface area contributed by atoms with E-state index in [2.05, 4.69) is 16.4 Å². The van der Waals surface area contributed by atoms with Gasteiger partial charge in [0.15, 0.2) is 5.72 Å². The number of aliphatic hydroxyl groups excluding tert-OH is 1. The number of rotatable bonds is 9. The molecule has 41 heavy (non-hydrogen) atoms. The number of nitrogens with zero attached hydrogens (tertiary/aromatic N) is 4. The maximum Gasteiger partial charge on any atom is 0.261 e. The van der Waals surface area contributed by atoms with E-state index in [1.54, 1.807) is 48.7 Å². The summed E-state index contributed by atoms with van der Waals surface area (Å²) in [7, 11) is 1.42. The smallest absolute Gasteiger partial charge is 0.261 e. The summed E-state index contributed by atoms with van der Waals surface area (Å²) in [6.45, 7) is 0.296. The second kappa shape index (κ2) is 11.9. The molecule has 3 aliphatic rings. The minimum Gasteiger partial charge on any atom is -0.396 e. The molecule has 8 nitrogen and oxygen atoms in total. The number of alkyl halides is 1. The molecule has 2 aromatic rings. The topological polar surface area (TPSA) is 101 Å². The van der Waals surface area contributed by atoms with Gasteiger partial charge in [-0.1, -0.05) is 35.9 Å². The maximum atomic E-state index is 16.4. The number of benzene rings is 2. The van der Waals surface area contributed by atoms with Crippen molar-refractivity contribution in [3.05, 3.63) is 70.6 Å². The van der Waals surface area contributed by atoms with Crippen molar-refractivity contribution >= 4 is 23.7 Å². The highest BCUT2D eigenvalue weighted by atomic mass is 35.5. The standard InChI is InChI=1S/C30H32ClF2N5O3/c1-41-30(18-29(19-34)35-12-2-13-36-29)24-8-7-23(21-3-5-22(31)6-4-21)27(33)26(24)28(40)38(30)25(11-16-39)37-14-9-20(17-32)10-15-37/h2-8,12-13,20,25,35,39H,9-11,14-18H2,1H3/t25?,29?,30-/m1/s1. The van der Waals surface area contributed by atoms with Gasteiger partial charge in [-0.3, -0.25) is 24.0 Å². The van der Waals surface area contributed by atoms with Gasteiger partial charge < -0.3 is 15.2 Å². The predicted molar refractivity (Wildman–Crippen MR) is 151 cm³/mol. The van der Waals surface area contributed by atoms with Gasteiger partial charge in [-0.05, 0) is 42.5 Å². The van der Waals surface area contributed by atoms with E-state index >= 15 is 4.39 Å². The highest BCUT2D eigenvalue weighted by molar-refractivity contribution is 6.30. The highest BCUT2D eigenvalue weighted by Gasteiger charge is 2.59. The Morgan fingerprint density at radius 1 is 1.27 bits per heavy atom. The number of hydrogen-bond acceptors (Lipinski definition) is 7. The molecule has 2 N–H and O–H groups in total. The van der Waals surface area contributed by atoms with E-state index in [-0.39, 0.29) is 42.1 Å². The van der Waals surface area contributed by atoms with Crippen LogP contribution in [0.1, 0.15) is 41.6 Å². The largest absolute Gasteiger partial charge is 0.396 e. The summed E-state index contributed by atoms with van der Waals surface area (Å²) in [4.78, 5) is 22.3. The molecule has 2 unspecified atom stereocenters. The lowest BCUT2D eigenvalue weighted by atomic mass is 9.88. The Labute approximate surface area is 242 Å². The van der Waals surface area contributed by atoms with Gasteiger partial charge in [0.2, 0.25) is 5.66 Å². The third kappa shape index (κ3) is 5.12. The number of carbonyl (C=O) groups is 1. The van der Waals surface area contributed by atoms with E-state index in [9.17, 15) is 19.6 Å². The normalized spacial score (nSPS) is 25.2. The van der Waals surface area contributed by atoms with E-state index in [0.29, 0.717) is 36.5 Å². The lowest BCUT2D eigenvalue weighted by molar-refractivity contribution is -0.170. The number of carbonyl (C=O) groups excluding carboxylic acids is 1. The zero-order valence-corrected chi connectivity index (χ0v) is 23.5. The van der Waals surface area contributed by atoms with E-state index < -0.39 is 36.0 Å². The number of amides is 1. The molecule has 5 rings (SSSR count). The second-order valence-electron chi connectivity index (χ2n) is 10.6. The summed E-state index contributed by atoms with van der Waals surface area (Å²) in [5, 5.41) is 23.8. The number of likely N-dealkylation sites (tertiary alicyclic amines) is 1. The van der Waals surface area contributed by atoms with Crippen LogP contribution in [0.5, 0.6) is 0 Å². The van der Waals surface area contributed by atoms with Crippen LogP contribution in [-0.4, -0.2) is 72.3 Å². The molecule has 3 atom stereocenters. The summed E-state index contributed by atoms with van der Waals surface area (Å²) < 4.78 is 36.0. The van der Waals surface area contributed by atoms with Crippen molar-refractivity contribution in [2.45, 2.75) is 43.2 Å². The Morgan fingerprint density at radius 3 is 2.59 bits per heavy atom. The summed E-state index contributed by atoms with van der Waals surface area (Å²) in [5.74, 6) is -1.42. The maximum absolute atomic E-state index is 16.4. The summed E-state index contributed by atoms with van der Waals surface area (Å²) >= 11 is 6.04. The van der Waals surface area contributed by atoms with Gasteiger partial charge in [0.05, 0.1) is 24.8 Å². The Hall–Kier alpha value is -3.36. The molecule has 11 heteroatoms. The third-order valence-electron chi connectivity index (χ3n) is 8.33. The predicted octanol–water partition coefficient (Wildman–Crippen LogP) is 4.59. The first kappa shape index (κ1) is 29.1. The van der Waals surface area contributed by atoms with Crippen LogP contribution in [0.25, 0.3) is 11.1 Å². The van der Waals surface area contributed by atoms with Crippen molar-refractivity contribution in [3.63, 3.8) is 0 Å². The van der Waals surface area contributed by atoms with Gasteiger partial charge in [0.25, 0.3) is 5.91 Å². The van der Waals surface area contributed by atoms with Crippen LogP contribution in [-0.2, 0) is 10.5 Å². The van der Waals surface area contributed by atoms with Crippen LogP contribution < -0.4 is 5.32 Å². The van der Waals surface area contributed by atoms with E-state index in [1.807, 2.05) is 4.90 Å². The van der Waals surface area contributed by atoms with Crippen molar-refractivity contribution in [1.29, 1.82) is 5.26 Å². The lowest BCUT2D eigenvalue weighted by Gasteiger charge is -2.49. The van der Waals surface area contributed by atoms with Gasteiger partial charge in [0.1, 0.15) is 11.9 Å². The Balaban J connectivity index is 1.67. The number of hydrogen-bond donors (Lipinski definition) is 2. The second-order valence-corrected chi connectivity index (χ2v) is 11.0. The number of nitrogens with one attached hydrogen (secondary N) is 1. The fourth-order valence-electron chi connectivity index (χ4n) is 6.19. The van der Waals surface area contributed by atoms with Gasteiger partial charge in [-0.25, -0.2) is 4.39 Å². The molecule has 216 valence electrons. The third-order valence-corrected chi connectivity index (χ3v) is 8.58. The van der Waals surface area contributed by atoms with Gasteiger partial charge >= 0.3 is 0 Å². The average Bonchev–Trinajstić information content (AvgIpc) is 3.25. The molecular formula is C30H32ClF2N5O3. The number of aliphatic imine (C=N–C) groups is 1. The first-order valence-corrected chi connectivity index (χ1v) is 14.0. The average molecular weight is 584 g/mol. The number of halogens is 3. The summed E-state index contributed by atoms with van der Waals surface area (Å²) in [6, 6.07) is 12.1. The fourth-order valence-corrected chi connectivity index (χ4v) is 6.32. The molecule has 0 saturated carbocycles. The number of piperidine rings is 1. The number of methoxy groups -OCH3 is 1. The van der Waals surface area contributed by atoms with Crippen molar-refractivity contribution < 1.29 is 23.4 Å². The number of nitriles is 1. The molecule has 1 saturated heterocycles. The minimum atomic E-state index is -1.62. The van der Waals surface area contributed by atoms with E-state index in [1.165, 1.54) is 18.2 Å². The van der Waals surface area contributed by atoms with Crippen molar-refractivity contribution in [1.82, 2.24) is 15.1 Å². The Morgan fingerprint density at radius 2 is 2.00 bits per heavy atom. The molecule has 2 aromatic carbocycles. The Bertz CT molecular complexity index is 1390. The number of aliphatic hydroxyl groups is 1. The number of fused-ring (bicyclic) bond motifs is 1. The quantitative estimate of drug-likeness (QED) is 0.448. The van der Waals surface area contributed by atoms with Crippen molar-refractivity contribution in [2.24, 2.45) is 10.9 Å². The van der Waals surface area contributed by atoms with E-state index in [4.69, 9.17) is 16.3 Å². The molecule has 1 amide bonds.